The van der Waals surface area contributed by atoms with Crippen LogP contribution >= 0.6 is 22.6 Å². The summed E-state index contributed by atoms with van der Waals surface area (Å²) in [6, 6.07) is 7.64. The monoisotopic (exact) mass is 391 g/mol. The molecular formula is C17H14INO2. The van der Waals surface area contributed by atoms with E-state index in [2.05, 4.69) is 34.7 Å². The predicted octanol–water partition coefficient (Wildman–Crippen LogP) is 2.99. The number of carbonyl (C=O) groups excluding carboxylic acids is 2. The van der Waals surface area contributed by atoms with Gasteiger partial charge in [0.15, 0.2) is 0 Å². The summed E-state index contributed by atoms with van der Waals surface area (Å²) in [5.41, 5.74) is 1.03. The summed E-state index contributed by atoms with van der Waals surface area (Å²) in [5.74, 6) is 0.442. The Kier molecular flexibility index (Phi) is 2.22. The quantitative estimate of drug-likeness (QED) is 0.420. The van der Waals surface area contributed by atoms with Crippen LogP contribution in [0.15, 0.2) is 36.4 Å². The molecule has 106 valence electrons. The van der Waals surface area contributed by atoms with E-state index in [1.54, 1.807) is 0 Å². The Balaban J connectivity index is 1.61. The molecule has 5 rings (SSSR count). The first kappa shape index (κ1) is 12.4. The number of halogens is 1. The molecule has 2 bridgehead atoms. The van der Waals surface area contributed by atoms with Gasteiger partial charge in [-0.3, -0.25) is 9.59 Å². The third-order valence-corrected chi connectivity index (χ3v) is 6.86. The van der Waals surface area contributed by atoms with E-state index >= 15 is 0 Å². The molecule has 4 heteroatoms. The molecule has 4 aliphatic rings. The lowest BCUT2D eigenvalue weighted by molar-refractivity contribution is -0.123. The van der Waals surface area contributed by atoms with Crippen molar-refractivity contribution in [2.75, 3.05) is 4.90 Å². The van der Waals surface area contributed by atoms with Crippen molar-refractivity contribution in [2.45, 2.75) is 12.8 Å². The average molecular weight is 391 g/mol. The van der Waals surface area contributed by atoms with Gasteiger partial charge in [-0.25, -0.2) is 4.90 Å². The highest BCUT2D eigenvalue weighted by atomic mass is 127. The molecule has 4 atom stereocenters. The number of para-hydroxylation sites is 1. The maximum absolute atomic E-state index is 12.9. The van der Waals surface area contributed by atoms with E-state index in [1.165, 1.54) is 17.7 Å². The standard InChI is InChI=1S/C17H14INO2/c18-11-3-1-2-4-12(11)19-15(20)13-9-5-6-10(14(13)16(19)21)17(9)7-8-17/h1-6,9-10,13-14H,7-8H2/t9-,10+,13+,14-. The molecule has 1 saturated heterocycles. The molecule has 1 aromatic carbocycles. The second-order valence-electron chi connectivity index (χ2n) is 6.68. The Labute approximate surface area is 136 Å². The highest BCUT2D eigenvalue weighted by Gasteiger charge is 2.73. The van der Waals surface area contributed by atoms with E-state index < -0.39 is 0 Å². The number of nitrogens with zero attached hydrogens (tertiary/aromatic N) is 1. The molecule has 21 heavy (non-hydrogen) atoms. The van der Waals surface area contributed by atoms with Gasteiger partial charge in [-0.05, 0) is 64.8 Å². The molecule has 1 spiro atoms. The van der Waals surface area contributed by atoms with Crippen molar-refractivity contribution < 1.29 is 9.59 Å². The van der Waals surface area contributed by atoms with Crippen LogP contribution in [0.4, 0.5) is 5.69 Å². The molecule has 0 aromatic heterocycles. The molecule has 0 N–H and O–H groups in total. The zero-order valence-electron chi connectivity index (χ0n) is 11.3. The first-order chi connectivity index (χ1) is 10.1. The number of imide groups is 1. The molecule has 3 aliphatic carbocycles. The minimum atomic E-state index is -0.106. The van der Waals surface area contributed by atoms with E-state index in [0.29, 0.717) is 11.8 Å². The Morgan fingerprint density at radius 1 is 1.00 bits per heavy atom. The SMILES string of the molecule is O=C1[C@@H]2[C@H](C(=O)N1c1ccccc1I)[C@@H]1C=C[C@H]2C12CC2. The van der Waals surface area contributed by atoms with Crippen LogP contribution in [0.5, 0.6) is 0 Å². The molecular weight excluding hydrogens is 377 g/mol. The van der Waals surface area contributed by atoms with Crippen LogP contribution in [-0.2, 0) is 9.59 Å². The van der Waals surface area contributed by atoms with Crippen LogP contribution in [0.2, 0.25) is 0 Å². The van der Waals surface area contributed by atoms with E-state index in [4.69, 9.17) is 0 Å². The van der Waals surface area contributed by atoms with Crippen LogP contribution in [0.3, 0.4) is 0 Å². The lowest BCUT2D eigenvalue weighted by Crippen LogP contribution is -2.35. The van der Waals surface area contributed by atoms with E-state index in [-0.39, 0.29) is 29.1 Å². The van der Waals surface area contributed by atoms with Gasteiger partial charge < -0.3 is 0 Å². The summed E-state index contributed by atoms with van der Waals surface area (Å²) in [6.45, 7) is 0. The van der Waals surface area contributed by atoms with Gasteiger partial charge in [0.1, 0.15) is 0 Å². The third-order valence-electron chi connectivity index (χ3n) is 5.95. The van der Waals surface area contributed by atoms with Crippen LogP contribution < -0.4 is 4.90 Å². The normalized spacial score (nSPS) is 37.7. The Hall–Kier alpha value is -1.17. The second-order valence-corrected chi connectivity index (χ2v) is 7.85. The summed E-state index contributed by atoms with van der Waals surface area (Å²) in [7, 11) is 0. The van der Waals surface area contributed by atoms with Crippen molar-refractivity contribution in [3.05, 3.63) is 40.0 Å². The zero-order chi connectivity index (χ0) is 14.4. The summed E-state index contributed by atoms with van der Waals surface area (Å²) < 4.78 is 0.957. The number of anilines is 1. The van der Waals surface area contributed by atoms with Gasteiger partial charge >= 0.3 is 0 Å². The Morgan fingerprint density at radius 3 is 2.10 bits per heavy atom. The van der Waals surface area contributed by atoms with Gasteiger partial charge in [-0.1, -0.05) is 24.3 Å². The van der Waals surface area contributed by atoms with E-state index in [0.717, 1.165) is 9.26 Å². The fraction of sp³-hybridized carbons (Fsp3) is 0.412. The van der Waals surface area contributed by atoms with Crippen LogP contribution in [0.25, 0.3) is 0 Å². The summed E-state index contributed by atoms with van der Waals surface area (Å²) in [4.78, 5) is 27.3. The van der Waals surface area contributed by atoms with Crippen molar-refractivity contribution in [2.24, 2.45) is 29.1 Å². The minimum Gasteiger partial charge on any atom is -0.274 e. The lowest BCUT2D eigenvalue weighted by atomic mass is 9.85. The molecule has 2 amide bonds. The van der Waals surface area contributed by atoms with Crippen molar-refractivity contribution >= 4 is 40.1 Å². The molecule has 1 heterocycles. The highest BCUT2D eigenvalue weighted by Crippen LogP contribution is 2.73. The van der Waals surface area contributed by atoms with Crippen molar-refractivity contribution in [3.63, 3.8) is 0 Å². The van der Waals surface area contributed by atoms with Crippen LogP contribution in [-0.4, -0.2) is 11.8 Å². The van der Waals surface area contributed by atoms with Gasteiger partial charge in [0.2, 0.25) is 11.8 Å². The van der Waals surface area contributed by atoms with Gasteiger partial charge in [-0.2, -0.15) is 0 Å². The molecule has 1 aromatic rings. The predicted molar refractivity (Wildman–Crippen MR) is 86.4 cm³/mol. The third kappa shape index (κ3) is 1.31. The topological polar surface area (TPSA) is 37.4 Å². The minimum absolute atomic E-state index is 0.0252. The number of carbonyl (C=O) groups is 2. The molecule has 0 unspecified atom stereocenters. The Morgan fingerprint density at radius 2 is 1.57 bits per heavy atom. The van der Waals surface area contributed by atoms with E-state index in [1.807, 2.05) is 24.3 Å². The van der Waals surface area contributed by atoms with Gasteiger partial charge in [0, 0.05) is 3.57 Å². The molecule has 3 fully saturated rings. The molecule has 2 saturated carbocycles. The molecule has 1 aliphatic heterocycles. The number of benzene rings is 1. The number of hydrogen-bond acceptors (Lipinski definition) is 2. The first-order valence-electron chi connectivity index (χ1n) is 7.46. The van der Waals surface area contributed by atoms with Crippen LogP contribution in [0.1, 0.15) is 12.8 Å². The largest absolute Gasteiger partial charge is 0.274 e. The number of rotatable bonds is 1. The number of hydrogen-bond donors (Lipinski definition) is 0. The van der Waals surface area contributed by atoms with Gasteiger partial charge in [0.05, 0.1) is 17.5 Å². The number of amides is 2. The maximum Gasteiger partial charge on any atom is 0.238 e. The van der Waals surface area contributed by atoms with Crippen molar-refractivity contribution in [3.8, 4) is 0 Å². The second kappa shape index (κ2) is 3.77. The number of fused-ring (bicyclic) bond motifs is 3. The summed E-state index contributed by atoms with van der Waals surface area (Å²) in [5, 5.41) is 0. The zero-order valence-corrected chi connectivity index (χ0v) is 13.5. The fourth-order valence-corrected chi connectivity index (χ4v) is 5.58. The average Bonchev–Trinajstić information content (AvgIpc) is 3.07. The molecule has 3 nitrogen and oxygen atoms in total. The van der Waals surface area contributed by atoms with E-state index in [9.17, 15) is 9.59 Å². The smallest absolute Gasteiger partial charge is 0.238 e. The number of allylic oxidation sites excluding steroid dienone is 2. The highest BCUT2D eigenvalue weighted by molar-refractivity contribution is 14.1. The maximum atomic E-state index is 12.9. The lowest BCUT2D eigenvalue weighted by Gasteiger charge is -2.22. The van der Waals surface area contributed by atoms with Crippen LogP contribution in [0, 0.1) is 32.7 Å². The summed E-state index contributed by atoms with van der Waals surface area (Å²) >= 11 is 2.20. The summed E-state index contributed by atoms with van der Waals surface area (Å²) in [6.07, 6.45) is 6.80. The Bertz CT molecular complexity index is 687. The fourth-order valence-electron chi connectivity index (χ4n) is 4.95. The van der Waals surface area contributed by atoms with Crippen molar-refractivity contribution in [1.82, 2.24) is 0 Å². The molecule has 0 radical (unpaired) electrons. The van der Waals surface area contributed by atoms with Gasteiger partial charge in [-0.15, -0.1) is 0 Å². The van der Waals surface area contributed by atoms with Gasteiger partial charge in [0.25, 0.3) is 0 Å². The first-order valence-corrected chi connectivity index (χ1v) is 8.54. The van der Waals surface area contributed by atoms with Crippen molar-refractivity contribution in [1.29, 1.82) is 0 Å².